The number of ether oxygens (including phenoxy) is 1. The number of benzene rings is 2. The van der Waals surface area contributed by atoms with E-state index in [0.717, 1.165) is 12.8 Å². The van der Waals surface area contributed by atoms with E-state index < -0.39 is 6.09 Å². The van der Waals surface area contributed by atoms with Gasteiger partial charge in [0.05, 0.1) is 12.6 Å². The predicted octanol–water partition coefficient (Wildman–Crippen LogP) is 3.69. The molecule has 3 rings (SSSR count). The topological polar surface area (TPSA) is 58.6 Å². The van der Waals surface area contributed by atoms with E-state index in [0.29, 0.717) is 6.61 Å². The van der Waals surface area contributed by atoms with Gasteiger partial charge in [0.15, 0.2) is 0 Å². The molecule has 0 spiro atoms. The molecule has 0 heterocycles. The molecule has 1 amide bonds. The van der Waals surface area contributed by atoms with Gasteiger partial charge in [-0.05, 0) is 28.7 Å². The average molecular weight is 325 g/mol. The van der Waals surface area contributed by atoms with Gasteiger partial charge in [0.2, 0.25) is 0 Å². The number of fused-ring (bicyclic) bond motifs is 3. The van der Waals surface area contributed by atoms with Crippen LogP contribution in [-0.4, -0.2) is 30.5 Å². The number of rotatable bonds is 6. The van der Waals surface area contributed by atoms with Crippen molar-refractivity contribution < 1.29 is 14.6 Å². The Morgan fingerprint density at radius 2 is 1.71 bits per heavy atom. The van der Waals surface area contributed by atoms with Crippen molar-refractivity contribution in [3.63, 3.8) is 0 Å². The van der Waals surface area contributed by atoms with Gasteiger partial charge in [0.25, 0.3) is 0 Å². The Kier molecular flexibility index (Phi) is 5.16. The Morgan fingerprint density at radius 3 is 2.25 bits per heavy atom. The summed E-state index contributed by atoms with van der Waals surface area (Å²) < 4.78 is 5.46. The van der Waals surface area contributed by atoms with Gasteiger partial charge in [-0.2, -0.15) is 0 Å². The van der Waals surface area contributed by atoms with Crippen molar-refractivity contribution in [3.05, 3.63) is 59.7 Å². The molecule has 2 aromatic rings. The molecule has 0 fully saturated rings. The van der Waals surface area contributed by atoms with Crippen molar-refractivity contribution in [3.8, 4) is 11.1 Å². The first-order valence-corrected chi connectivity index (χ1v) is 8.47. The summed E-state index contributed by atoms with van der Waals surface area (Å²) in [5.41, 5.74) is 4.81. The molecule has 2 aromatic carbocycles. The highest BCUT2D eigenvalue weighted by Gasteiger charge is 2.29. The summed E-state index contributed by atoms with van der Waals surface area (Å²) in [6, 6.07) is 16.2. The molecule has 1 atom stereocenters. The number of alkyl carbamates (subject to hydrolysis) is 1. The van der Waals surface area contributed by atoms with Gasteiger partial charge in [0, 0.05) is 5.92 Å². The van der Waals surface area contributed by atoms with Crippen molar-refractivity contribution in [1.82, 2.24) is 5.32 Å². The van der Waals surface area contributed by atoms with Crippen LogP contribution in [0.2, 0.25) is 0 Å². The maximum Gasteiger partial charge on any atom is 0.407 e. The molecule has 0 radical (unpaired) electrons. The monoisotopic (exact) mass is 325 g/mol. The van der Waals surface area contributed by atoms with Crippen LogP contribution in [-0.2, 0) is 4.74 Å². The zero-order valence-corrected chi connectivity index (χ0v) is 13.9. The van der Waals surface area contributed by atoms with E-state index in [9.17, 15) is 9.90 Å². The number of hydrogen-bond acceptors (Lipinski definition) is 3. The fraction of sp³-hybridized carbons (Fsp3) is 0.350. The molecular formula is C20H23NO3. The lowest BCUT2D eigenvalue weighted by molar-refractivity contribution is 0.131. The minimum Gasteiger partial charge on any atom is -0.449 e. The lowest BCUT2D eigenvalue weighted by Gasteiger charge is -2.18. The summed E-state index contributed by atoms with van der Waals surface area (Å²) in [5.74, 6) is 0.0573. The van der Waals surface area contributed by atoms with E-state index >= 15 is 0 Å². The van der Waals surface area contributed by atoms with E-state index in [2.05, 4.69) is 29.6 Å². The number of carbonyl (C=O) groups excluding carboxylic acids is 1. The highest BCUT2D eigenvalue weighted by Crippen LogP contribution is 2.44. The summed E-state index contributed by atoms with van der Waals surface area (Å²) in [5, 5.41) is 12.0. The van der Waals surface area contributed by atoms with Gasteiger partial charge < -0.3 is 15.2 Å². The fourth-order valence-corrected chi connectivity index (χ4v) is 3.36. The fourth-order valence-electron chi connectivity index (χ4n) is 3.36. The van der Waals surface area contributed by atoms with Crippen molar-refractivity contribution in [2.45, 2.75) is 31.7 Å². The number of aliphatic hydroxyl groups is 1. The molecule has 24 heavy (non-hydrogen) atoms. The summed E-state index contributed by atoms with van der Waals surface area (Å²) in [7, 11) is 0. The standard InChI is InChI=1S/C20H23NO3/c1-2-7-14(12-22)21-20(23)24-13-19-17-10-5-3-8-15(17)16-9-4-6-11-18(16)19/h3-6,8-11,14,19,22H,2,7,12-13H2,1H3,(H,21,23)/t14-/m1/s1. The van der Waals surface area contributed by atoms with Crippen molar-refractivity contribution >= 4 is 6.09 Å². The maximum absolute atomic E-state index is 12.0. The molecule has 126 valence electrons. The Labute approximate surface area is 142 Å². The van der Waals surface area contributed by atoms with Crippen molar-refractivity contribution in [1.29, 1.82) is 0 Å². The molecule has 4 heteroatoms. The van der Waals surface area contributed by atoms with Crippen LogP contribution in [0.15, 0.2) is 48.5 Å². The second-order valence-electron chi connectivity index (χ2n) is 6.14. The normalized spacial score (nSPS) is 13.9. The second-order valence-corrected chi connectivity index (χ2v) is 6.14. The highest BCUT2D eigenvalue weighted by molar-refractivity contribution is 5.79. The third-order valence-corrected chi connectivity index (χ3v) is 4.52. The summed E-state index contributed by atoms with van der Waals surface area (Å²) >= 11 is 0. The highest BCUT2D eigenvalue weighted by atomic mass is 16.5. The number of amides is 1. The SMILES string of the molecule is CCC[C@H](CO)NC(=O)OCC1c2ccccc2-c2ccccc21. The molecule has 0 aliphatic heterocycles. The first kappa shape index (κ1) is 16.5. The lowest BCUT2D eigenvalue weighted by atomic mass is 9.98. The molecule has 2 N–H and O–H groups in total. The van der Waals surface area contributed by atoms with Gasteiger partial charge >= 0.3 is 6.09 Å². The molecule has 0 unspecified atom stereocenters. The first-order chi connectivity index (χ1) is 11.7. The van der Waals surface area contributed by atoms with Crippen LogP contribution < -0.4 is 5.32 Å². The minimum absolute atomic E-state index is 0.0573. The van der Waals surface area contributed by atoms with Gasteiger partial charge in [-0.3, -0.25) is 0 Å². The molecule has 1 aliphatic rings. The Bertz CT molecular complexity index is 668. The molecule has 0 bridgehead atoms. The summed E-state index contributed by atoms with van der Waals surface area (Å²) in [4.78, 5) is 12.0. The van der Waals surface area contributed by atoms with E-state index in [-0.39, 0.29) is 18.6 Å². The molecule has 4 nitrogen and oxygen atoms in total. The van der Waals surface area contributed by atoms with Gasteiger partial charge in [-0.1, -0.05) is 61.9 Å². The quantitative estimate of drug-likeness (QED) is 0.851. The Balaban J connectivity index is 1.70. The molecule has 0 saturated heterocycles. The number of nitrogens with one attached hydrogen (secondary N) is 1. The van der Waals surface area contributed by atoms with Crippen LogP contribution in [0.1, 0.15) is 36.8 Å². The second kappa shape index (κ2) is 7.49. The van der Waals surface area contributed by atoms with E-state index in [1.165, 1.54) is 22.3 Å². The number of aliphatic hydroxyl groups excluding tert-OH is 1. The third-order valence-electron chi connectivity index (χ3n) is 4.52. The van der Waals surface area contributed by atoms with Crippen LogP contribution in [0.25, 0.3) is 11.1 Å². The molecular weight excluding hydrogens is 302 g/mol. The lowest BCUT2D eigenvalue weighted by Crippen LogP contribution is -2.38. The van der Waals surface area contributed by atoms with Crippen LogP contribution >= 0.6 is 0 Å². The van der Waals surface area contributed by atoms with E-state index in [4.69, 9.17) is 4.74 Å². The summed E-state index contributed by atoms with van der Waals surface area (Å²) in [6.45, 7) is 2.24. The Morgan fingerprint density at radius 1 is 1.12 bits per heavy atom. The first-order valence-electron chi connectivity index (χ1n) is 8.47. The molecule has 1 aliphatic carbocycles. The van der Waals surface area contributed by atoms with Gasteiger partial charge in [-0.15, -0.1) is 0 Å². The van der Waals surface area contributed by atoms with E-state index in [1.807, 2.05) is 31.2 Å². The van der Waals surface area contributed by atoms with Gasteiger partial charge in [-0.25, -0.2) is 4.79 Å². The summed E-state index contributed by atoms with van der Waals surface area (Å²) in [6.07, 6.45) is 1.17. The number of carbonyl (C=O) groups is 1. The van der Waals surface area contributed by atoms with Crippen molar-refractivity contribution in [2.75, 3.05) is 13.2 Å². The third kappa shape index (κ3) is 3.29. The Hall–Kier alpha value is -2.33. The van der Waals surface area contributed by atoms with E-state index in [1.54, 1.807) is 0 Å². The van der Waals surface area contributed by atoms with Crippen LogP contribution in [0.5, 0.6) is 0 Å². The molecule has 0 aromatic heterocycles. The smallest absolute Gasteiger partial charge is 0.407 e. The predicted molar refractivity (Wildman–Crippen MR) is 94.0 cm³/mol. The largest absolute Gasteiger partial charge is 0.449 e. The van der Waals surface area contributed by atoms with Crippen LogP contribution in [0, 0.1) is 0 Å². The van der Waals surface area contributed by atoms with Crippen LogP contribution in [0.4, 0.5) is 4.79 Å². The zero-order valence-electron chi connectivity index (χ0n) is 13.9. The van der Waals surface area contributed by atoms with Gasteiger partial charge in [0.1, 0.15) is 6.61 Å². The molecule has 0 saturated carbocycles. The zero-order chi connectivity index (χ0) is 16.9. The maximum atomic E-state index is 12.0. The van der Waals surface area contributed by atoms with Crippen molar-refractivity contribution in [2.24, 2.45) is 0 Å². The minimum atomic E-state index is -0.468. The average Bonchev–Trinajstić information content (AvgIpc) is 2.93. The van der Waals surface area contributed by atoms with Crippen LogP contribution in [0.3, 0.4) is 0 Å². The number of hydrogen-bond donors (Lipinski definition) is 2.